The number of nitro benzene ring substituents is 1. The Labute approximate surface area is 189 Å². The Hall–Kier alpha value is -5.34. The van der Waals surface area contributed by atoms with Gasteiger partial charge < -0.3 is 15.6 Å². The van der Waals surface area contributed by atoms with Crippen molar-refractivity contribution in [3.05, 3.63) is 63.8 Å². The van der Waals surface area contributed by atoms with E-state index in [0.717, 1.165) is 4.68 Å². The first-order valence-electron chi connectivity index (χ1n) is 9.39. The van der Waals surface area contributed by atoms with Crippen LogP contribution in [0.5, 0.6) is 11.5 Å². The molecule has 15 heteroatoms. The fourth-order valence-electron chi connectivity index (χ4n) is 2.94. The van der Waals surface area contributed by atoms with Gasteiger partial charge in [-0.1, -0.05) is 11.3 Å². The summed E-state index contributed by atoms with van der Waals surface area (Å²) in [6.07, 6.45) is 1.21. The summed E-state index contributed by atoms with van der Waals surface area (Å²) in [5.74, 6) is -0.850. The van der Waals surface area contributed by atoms with Crippen LogP contribution in [0.3, 0.4) is 0 Å². The summed E-state index contributed by atoms with van der Waals surface area (Å²) in [6, 6.07) is 10.1. The first-order valence-corrected chi connectivity index (χ1v) is 9.39. The summed E-state index contributed by atoms with van der Waals surface area (Å²) in [7, 11) is 1.40. The number of rotatable bonds is 7. The summed E-state index contributed by atoms with van der Waals surface area (Å²) < 4.78 is 10.7. The van der Waals surface area contributed by atoms with E-state index in [0.29, 0.717) is 11.1 Å². The van der Waals surface area contributed by atoms with Gasteiger partial charge in [-0.2, -0.15) is 9.78 Å². The zero-order valence-corrected chi connectivity index (χ0v) is 17.3. The summed E-state index contributed by atoms with van der Waals surface area (Å²) >= 11 is 0. The van der Waals surface area contributed by atoms with Crippen LogP contribution in [0.2, 0.25) is 0 Å². The molecule has 0 aliphatic carbocycles. The summed E-state index contributed by atoms with van der Waals surface area (Å²) in [6.45, 7) is 0. The van der Waals surface area contributed by atoms with Crippen molar-refractivity contribution in [1.82, 2.24) is 30.7 Å². The van der Waals surface area contributed by atoms with Crippen LogP contribution >= 0.6 is 0 Å². The maximum Gasteiger partial charge on any atom is 0.294 e. The summed E-state index contributed by atoms with van der Waals surface area (Å²) in [5, 5.41) is 39.9. The third-order valence-electron chi connectivity index (χ3n) is 4.55. The Kier molecular flexibility index (Phi) is 5.81. The van der Waals surface area contributed by atoms with E-state index in [1.807, 2.05) is 0 Å². The predicted molar refractivity (Wildman–Crippen MR) is 115 cm³/mol. The number of methoxy groups -OCH3 is 1. The number of para-hydroxylation sites is 1. The molecule has 2 aromatic carbocycles. The first-order chi connectivity index (χ1) is 16.4. The van der Waals surface area contributed by atoms with E-state index in [2.05, 4.69) is 35.8 Å². The molecular weight excluding hydrogens is 450 g/mol. The second-order valence-electron chi connectivity index (χ2n) is 6.57. The number of phenolic OH excluding ortho intramolecular Hbond substituents is 1. The number of nitrogens with zero attached hydrogens (tertiary/aromatic N) is 7. The number of ether oxygens (including phenoxy) is 1. The van der Waals surface area contributed by atoms with Gasteiger partial charge in [0.1, 0.15) is 5.69 Å². The summed E-state index contributed by atoms with van der Waals surface area (Å²) in [4.78, 5) is 23.3. The minimum atomic E-state index is -0.770. The number of nitrogens with two attached hydrogens (primary N) is 1. The third kappa shape index (κ3) is 4.07. The lowest BCUT2D eigenvalue weighted by molar-refractivity contribution is -0.384. The van der Waals surface area contributed by atoms with Gasteiger partial charge in [0.15, 0.2) is 17.2 Å². The lowest BCUT2D eigenvalue weighted by atomic mass is 10.1. The SMILES string of the molecule is COc1cccc(C=NNC(=O)c2nnn(-c3nonc3N)c2-c2ccc([N+](=O)[O-])cc2)c1O. The second kappa shape index (κ2) is 9.03. The Morgan fingerprint density at radius 2 is 2.06 bits per heavy atom. The van der Waals surface area contributed by atoms with Crippen LogP contribution in [0.25, 0.3) is 17.1 Å². The number of carbonyl (C=O) groups is 1. The number of phenols is 1. The number of carbonyl (C=O) groups excluding carboxylic acids is 1. The normalized spacial score (nSPS) is 11.0. The fourth-order valence-corrected chi connectivity index (χ4v) is 2.94. The van der Waals surface area contributed by atoms with E-state index >= 15 is 0 Å². The van der Waals surface area contributed by atoms with Gasteiger partial charge in [-0.3, -0.25) is 14.9 Å². The van der Waals surface area contributed by atoms with Crippen LogP contribution in [-0.4, -0.2) is 54.6 Å². The number of nitro groups is 1. The highest BCUT2D eigenvalue weighted by Crippen LogP contribution is 2.29. The molecule has 1 amide bonds. The molecule has 4 N–H and O–H groups in total. The van der Waals surface area contributed by atoms with Crippen LogP contribution in [0.4, 0.5) is 11.5 Å². The van der Waals surface area contributed by atoms with Gasteiger partial charge in [0, 0.05) is 23.3 Å². The first kappa shape index (κ1) is 21.9. The third-order valence-corrected chi connectivity index (χ3v) is 4.55. The molecule has 0 radical (unpaired) electrons. The van der Waals surface area contributed by atoms with Crippen LogP contribution < -0.4 is 15.9 Å². The Morgan fingerprint density at radius 1 is 1.29 bits per heavy atom. The Bertz CT molecular complexity index is 1390. The van der Waals surface area contributed by atoms with E-state index in [-0.39, 0.29) is 40.2 Å². The van der Waals surface area contributed by atoms with Crippen LogP contribution in [0.15, 0.2) is 52.2 Å². The molecule has 2 aromatic heterocycles. The molecule has 4 aromatic rings. The quantitative estimate of drug-likeness (QED) is 0.201. The molecule has 4 rings (SSSR count). The lowest BCUT2D eigenvalue weighted by Gasteiger charge is -2.06. The van der Waals surface area contributed by atoms with Crippen LogP contribution in [0, 0.1) is 10.1 Å². The molecule has 0 bridgehead atoms. The number of aromatic hydroxyl groups is 1. The highest BCUT2D eigenvalue weighted by Gasteiger charge is 2.25. The maximum atomic E-state index is 12.9. The van der Waals surface area contributed by atoms with Crippen molar-refractivity contribution in [3.63, 3.8) is 0 Å². The fraction of sp³-hybridized carbons (Fsp3) is 0.0526. The second-order valence-corrected chi connectivity index (χ2v) is 6.57. The molecule has 0 saturated carbocycles. The van der Waals surface area contributed by atoms with E-state index in [1.165, 1.54) is 37.6 Å². The molecule has 2 heterocycles. The lowest BCUT2D eigenvalue weighted by Crippen LogP contribution is -2.19. The topological polar surface area (TPSA) is 210 Å². The van der Waals surface area contributed by atoms with Crippen molar-refractivity contribution in [2.75, 3.05) is 12.8 Å². The number of benzene rings is 2. The van der Waals surface area contributed by atoms with Gasteiger partial charge in [-0.05, 0) is 34.6 Å². The predicted octanol–water partition coefficient (Wildman–Crippen LogP) is 1.29. The van der Waals surface area contributed by atoms with Gasteiger partial charge in [0.2, 0.25) is 11.6 Å². The number of anilines is 1. The van der Waals surface area contributed by atoms with Crippen molar-refractivity contribution < 1.29 is 24.2 Å². The minimum Gasteiger partial charge on any atom is -0.504 e. The Balaban J connectivity index is 1.69. The number of nitrogen functional groups attached to an aromatic ring is 1. The van der Waals surface area contributed by atoms with Gasteiger partial charge in [0.05, 0.1) is 18.2 Å². The monoisotopic (exact) mass is 465 g/mol. The standard InChI is InChI=1S/C19H15N9O6/c1-33-13-4-2-3-11(16(13)29)9-21-23-19(30)14-15(10-5-7-12(8-6-10)28(31)32)27(26-22-14)18-17(20)24-34-25-18/h2-9,29H,1H3,(H2,20,24)(H,23,30). The van der Waals surface area contributed by atoms with Crippen molar-refractivity contribution in [1.29, 1.82) is 0 Å². The average Bonchev–Trinajstić information content (AvgIpc) is 3.46. The van der Waals surface area contributed by atoms with E-state index < -0.39 is 10.8 Å². The smallest absolute Gasteiger partial charge is 0.294 e. The molecule has 0 aliphatic heterocycles. The van der Waals surface area contributed by atoms with Gasteiger partial charge in [-0.15, -0.1) is 5.10 Å². The number of hydrazone groups is 1. The highest BCUT2D eigenvalue weighted by atomic mass is 16.6. The van der Waals surface area contributed by atoms with Crippen molar-refractivity contribution in [3.8, 4) is 28.6 Å². The number of hydrogen-bond acceptors (Lipinski definition) is 12. The molecule has 0 fully saturated rings. The van der Waals surface area contributed by atoms with Crippen molar-refractivity contribution >= 4 is 23.6 Å². The van der Waals surface area contributed by atoms with Crippen LogP contribution in [-0.2, 0) is 0 Å². The number of non-ortho nitro benzene ring substituents is 1. The number of nitrogens with one attached hydrogen (secondary N) is 1. The molecule has 0 unspecified atom stereocenters. The molecule has 15 nitrogen and oxygen atoms in total. The molecule has 0 spiro atoms. The molecule has 0 atom stereocenters. The molecule has 34 heavy (non-hydrogen) atoms. The number of hydrogen-bond donors (Lipinski definition) is 3. The zero-order valence-electron chi connectivity index (χ0n) is 17.3. The molecular formula is C19H15N9O6. The van der Waals surface area contributed by atoms with E-state index in [9.17, 15) is 20.0 Å². The van der Waals surface area contributed by atoms with Crippen LogP contribution in [0.1, 0.15) is 16.1 Å². The Morgan fingerprint density at radius 3 is 2.71 bits per heavy atom. The summed E-state index contributed by atoms with van der Waals surface area (Å²) in [5.41, 5.74) is 8.43. The average molecular weight is 465 g/mol. The number of amides is 1. The van der Waals surface area contributed by atoms with Crippen molar-refractivity contribution in [2.24, 2.45) is 5.10 Å². The van der Waals surface area contributed by atoms with E-state index in [4.69, 9.17) is 10.5 Å². The van der Waals surface area contributed by atoms with Crippen molar-refractivity contribution in [2.45, 2.75) is 0 Å². The molecule has 0 aliphatic rings. The van der Waals surface area contributed by atoms with Gasteiger partial charge in [-0.25, -0.2) is 10.1 Å². The van der Waals surface area contributed by atoms with E-state index in [1.54, 1.807) is 18.2 Å². The largest absolute Gasteiger partial charge is 0.504 e. The molecule has 0 saturated heterocycles. The minimum absolute atomic E-state index is 0.0373. The van der Waals surface area contributed by atoms with Gasteiger partial charge >= 0.3 is 0 Å². The van der Waals surface area contributed by atoms with Gasteiger partial charge in [0.25, 0.3) is 11.6 Å². The number of aromatic nitrogens is 5. The maximum absolute atomic E-state index is 12.9. The highest BCUT2D eigenvalue weighted by molar-refractivity contribution is 5.99. The molecule has 172 valence electrons. The zero-order chi connectivity index (χ0) is 24.2.